The van der Waals surface area contributed by atoms with Gasteiger partial charge in [-0.2, -0.15) is 5.26 Å². The van der Waals surface area contributed by atoms with Crippen LogP contribution < -0.4 is 4.74 Å². The lowest BCUT2D eigenvalue weighted by atomic mass is 9.98. The molecule has 0 radical (unpaired) electrons. The largest absolute Gasteiger partial charge is 0.486 e. The highest BCUT2D eigenvalue weighted by Gasteiger charge is 2.34. The summed E-state index contributed by atoms with van der Waals surface area (Å²) in [4.78, 5) is 28.8. The highest BCUT2D eigenvalue weighted by Crippen LogP contribution is 2.31. The molecule has 0 aliphatic carbocycles. The van der Waals surface area contributed by atoms with Gasteiger partial charge in [-0.15, -0.1) is 0 Å². The Morgan fingerprint density at radius 1 is 1.41 bits per heavy atom. The van der Waals surface area contributed by atoms with Crippen LogP contribution in [0.3, 0.4) is 0 Å². The number of fused-ring (bicyclic) bond motifs is 1. The monoisotopic (exact) mass is 401 g/mol. The maximum Gasteiger partial charge on any atom is 0.410 e. The first-order chi connectivity index (χ1) is 13.4. The molecule has 2 amide bonds. The SMILES string of the molecule is CC(C)N1C[C@@H](C)[C@H](CN(C)C(=O)OC(C)(C)C)Oc2c(C#N)cccc2C1=O. The Morgan fingerprint density at radius 2 is 2.07 bits per heavy atom. The van der Waals surface area contributed by atoms with E-state index >= 15 is 0 Å². The van der Waals surface area contributed by atoms with Crippen molar-refractivity contribution < 1.29 is 19.1 Å². The molecular weight excluding hydrogens is 370 g/mol. The summed E-state index contributed by atoms with van der Waals surface area (Å²) in [5, 5.41) is 9.53. The van der Waals surface area contributed by atoms with Crippen LogP contribution in [0.2, 0.25) is 0 Å². The molecule has 0 aromatic heterocycles. The van der Waals surface area contributed by atoms with E-state index in [4.69, 9.17) is 9.47 Å². The molecule has 1 aromatic carbocycles. The lowest BCUT2D eigenvalue weighted by Crippen LogP contribution is -2.49. The number of carbonyl (C=O) groups is 2. The number of carbonyl (C=O) groups excluding carboxylic acids is 2. The van der Waals surface area contributed by atoms with E-state index < -0.39 is 17.8 Å². The second-order valence-corrected chi connectivity index (χ2v) is 8.84. The second-order valence-electron chi connectivity index (χ2n) is 8.84. The third kappa shape index (κ3) is 5.41. The van der Waals surface area contributed by atoms with Crippen molar-refractivity contribution in [2.24, 2.45) is 5.92 Å². The Labute approximate surface area is 173 Å². The van der Waals surface area contributed by atoms with E-state index in [1.807, 2.05) is 41.5 Å². The number of likely N-dealkylation sites (N-methyl/N-ethyl adjacent to an activating group) is 1. The molecule has 1 aromatic rings. The number of benzene rings is 1. The van der Waals surface area contributed by atoms with E-state index in [-0.39, 0.29) is 30.2 Å². The van der Waals surface area contributed by atoms with Crippen molar-refractivity contribution in [2.45, 2.75) is 59.3 Å². The fraction of sp³-hybridized carbons (Fsp3) is 0.591. The fourth-order valence-corrected chi connectivity index (χ4v) is 3.20. The van der Waals surface area contributed by atoms with Crippen molar-refractivity contribution in [1.29, 1.82) is 5.26 Å². The van der Waals surface area contributed by atoms with Crippen LogP contribution in [0.5, 0.6) is 5.75 Å². The van der Waals surface area contributed by atoms with Crippen molar-refractivity contribution in [3.63, 3.8) is 0 Å². The van der Waals surface area contributed by atoms with E-state index in [9.17, 15) is 14.9 Å². The Kier molecular flexibility index (Phi) is 6.78. The summed E-state index contributed by atoms with van der Waals surface area (Å²) in [6.45, 7) is 12.1. The molecule has 2 atom stereocenters. The van der Waals surface area contributed by atoms with E-state index in [1.165, 1.54) is 4.90 Å². The first-order valence-corrected chi connectivity index (χ1v) is 9.89. The Bertz CT molecular complexity index is 807. The third-order valence-electron chi connectivity index (χ3n) is 4.80. The van der Waals surface area contributed by atoms with Gasteiger partial charge in [-0.25, -0.2) is 4.79 Å². The summed E-state index contributed by atoms with van der Waals surface area (Å²) in [6, 6.07) is 7.10. The minimum absolute atomic E-state index is 0.00845. The fourth-order valence-electron chi connectivity index (χ4n) is 3.20. The van der Waals surface area contributed by atoms with E-state index in [0.29, 0.717) is 17.7 Å². The van der Waals surface area contributed by atoms with Crippen LogP contribution in [-0.2, 0) is 4.74 Å². The molecule has 1 aliphatic rings. The van der Waals surface area contributed by atoms with Crippen LogP contribution >= 0.6 is 0 Å². The van der Waals surface area contributed by atoms with Gasteiger partial charge in [0.15, 0.2) is 0 Å². The molecule has 1 aliphatic heterocycles. The Balaban J connectivity index is 2.39. The third-order valence-corrected chi connectivity index (χ3v) is 4.80. The van der Waals surface area contributed by atoms with Crippen LogP contribution in [0, 0.1) is 17.2 Å². The van der Waals surface area contributed by atoms with E-state index in [2.05, 4.69) is 6.07 Å². The predicted octanol–water partition coefficient (Wildman–Crippen LogP) is 3.67. The number of ether oxygens (including phenoxy) is 2. The van der Waals surface area contributed by atoms with Crippen LogP contribution in [0.1, 0.15) is 57.5 Å². The minimum Gasteiger partial charge on any atom is -0.486 e. The molecular formula is C22H31N3O4. The van der Waals surface area contributed by atoms with E-state index in [1.54, 1.807) is 30.1 Å². The standard InChI is InChI=1S/C22H31N3O4/c1-14(2)25-12-15(3)18(13-24(7)21(27)29-22(4,5)6)28-19-16(11-23)9-8-10-17(19)20(25)26/h8-10,14-15,18H,12-13H2,1-7H3/t15-,18+/m1/s1. The number of hydrogen-bond donors (Lipinski definition) is 0. The Morgan fingerprint density at radius 3 is 2.62 bits per heavy atom. The van der Waals surface area contributed by atoms with Gasteiger partial charge in [0.1, 0.15) is 23.5 Å². The summed E-state index contributed by atoms with van der Waals surface area (Å²) in [5.41, 5.74) is 0.0772. The molecule has 0 unspecified atom stereocenters. The van der Waals surface area contributed by atoms with Crippen LogP contribution in [0.15, 0.2) is 18.2 Å². The lowest BCUT2D eigenvalue weighted by Gasteiger charge is -2.38. The summed E-state index contributed by atoms with van der Waals surface area (Å²) in [5.74, 6) is 0.0591. The zero-order chi connectivity index (χ0) is 21.9. The van der Waals surface area contributed by atoms with Gasteiger partial charge in [0.25, 0.3) is 5.91 Å². The van der Waals surface area contributed by atoms with Gasteiger partial charge in [-0.05, 0) is 46.8 Å². The van der Waals surface area contributed by atoms with Crippen LogP contribution in [0.4, 0.5) is 4.79 Å². The minimum atomic E-state index is -0.597. The topological polar surface area (TPSA) is 82.9 Å². The van der Waals surface area contributed by atoms with Gasteiger partial charge in [0.05, 0.1) is 17.7 Å². The average molecular weight is 402 g/mol. The average Bonchev–Trinajstić information content (AvgIpc) is 2.62. The summed E-state index contributed by atoms with van der Waals surface area (Å²) < 4.78 is 11.6. The first-order valence-electron chi connectivity index (χ1n) is 9.89. The molecule has 0 saturated carbocycles. The molecule has 0 spiro atoms. The predicted molar refractivity (Wildman–Crippen MR) is 110 cm³/mol. The molecule has 0 saturated heterocycles. The van der Waals surface area contributed by atoms with Gasteiger partial charge in [0.2, 0.25) is 0 Å². The summed E-state index contributed by atoms with van der Waals surface area (Å²) in [7, 11) is 1.66. The summed E-state index contributed by atoms with van der Waals surface area (Å²) >= 11 is 0. The van der Waals surface area contributed by atoms with Crippen molar-refractivity contribution in [3.05, 3.63) is 29.3 Å². The first kappa shape index (κ1) is 22.5. The van der Waals surface area contributed by atoms with Crippen molar-refractivity contribution in [3.8, 4) is 11.8 Å². The molecule has 0 N–H and O–H groups in total. The number of hydrogen-bond acceptors (Lipinski definition) is 5. The van der Waals surface area contributed by atoms with Gasteiger partial charge in [0, 0.05) is 25.6 Å². The van der Waals surface area contributed by atoms with Gasteiger partial charge in [-0.3, -0.25) is 4.79 Å². The van der Waals surface area contributed by atoms with Crippen LogP contribution in [0.25, 0.3) is 0 Å². The molecule has 1 heterocycles. The smallest absolute Gasteiger partial charge is 0.410 e. The molecule has 7 heteroatoms. The van der Waals surface area contributed by atoms with E-state index in [0.717, 1.165) is 0 Å². The highest BCUT2D eigenvalue weighted by atomic mass is 16.6. The normalized spacial score (nSPS) is 19.6. The number of nitrogens with zero attached hydrogens (tertiary/aromatic N) is 3. The zero-order valence-electron chi connectivity index (χ0n) is 18.4. The van der Waals surface area contributed by atoms with Crippen molar-refractivity contribution in [2.75, 3.05) is 20.1 Å². The quantitative estimate of drug-likeness (QED) is 0.772. The maximum atomic E-state index is 13.1. The molecule has 158 valence electrons. The van der Waals surface area contributed by atoms with Crippen LogP contribution in [-0.4, -0.2) is 59.7 Å². The Hall–Kier alpha value is -2.75. The molecule has 2 rings (SSSR count). The van der Waals surface area contributed by atoms with Gasteiger partial charge < -0.3 is 19.3 Å². The molecule has 0 fully saturated rings. The van der Waals surface area contributed by atoms with Crippen molar-refractivity contribution in [1.82, 2.24) is 9.80 Å². The van der Waals surface area contributed by atoms with Gasteiger partial charge in [-0.1, -0.05) is 13.0 Å². The number of amides is 2. The van der Waals surface area contributed by atoms with Crippen molar-refractivity contribution >= 4 is 12.0 Å². The number of nitriles is 1. The lowest BCUT2D eigenvalue weighted by molar-refractivity contribution is 0.0129. The number of para-hydroxylation sites is 1. The zero-order valence-corrected chi connectivity index (χ0v) is 18.4. The molecule has 29 heavy (non-hydrogen) atoms. The second kappa shape index (κ2) is 8.73. The number of rotatable bonds is 3. The highest BCUT2D eigenvalue weighted by molar-refractivity contribution is 5.98. The molecule has 0 bridgehead atoms. The summed E-state index contributed by atoms with van der Waals surface area (Å²) in [6.07, 6.45) is -0.851. The maximum absolute atomic E-state index is 13.1. The molecule has 7 nitrogen and oxygen atoms in total. The van der Waals surface area contributed by atoms with Gasteiger partial charge >= 0.3 is 6.09 Å².